The minimum absolute atomic E-state index is 0.354. The Bertz CT molecular complexity index is 350. The highest BCUT2D eigenvalue weighted by atomic mass is 19.4. The van der Waals surface area contributed by atoms with Crippen LogP contribution >= 0.6 is 0 Å². The third-order valence-corrected chi connectivity index (χ3v) is 3.36. The van der Waals surface area contributed by atoms with Gasteiger partial charge < -0.3 is 9.64 Å². The predicted molar refractivity (Wildman–Crippen MR) is 54.8 cm³/mol. The molecule has 0 aromatic heterocycles. The van der Waals surface area contributed by atoms with Gasteiger partial charge in [0.1, 0.15) is 11.8 Å². The van der Waals surface area contributed by atoms with Crippen LogP contribution in [0.5, 0.6) is 0 Å². The Balaban J connectivity index is 2.21. The number of piperidine rings is 1. The number of ether oxygens (including phenoxy) is 1. The van der Waals surface area contributed by atoms with Gasteiger partial charge in [0.05, 0.1) is 6.42 Å². The van der Waals surface area contributed by atoms with Crippen LogP contribution in [0, 0.1) is 0 Å². The van der Waals surface area contributed by atoms with E-state index in [1.54, 1.807) is 0 Å². The highest BCUT2D eigenvalue weighted by Gasteiger charge is 2.51. The van der Waals surface area contributed by atoms with E-state index < -0.39 is 42.8 Å². The average molecular weight is 265 g/mol. The van der Waals surface area contributed by atoms with Gasteiger partial charge in [0, 0.05) is 25.7 Å². The lowest BCUT2D eigenvalue weighted by atomic mass is 9.95. The van der Waals surface area contributed by atoms with Gasteiger partial charge in [-0.05, 0) is 12.8 Å². The first-order valence-electron chi connectivity index (χ1n) is 5.87. The monoisotopic (exact) mass is 265 g/mol. The van der Waals surface area contributed by atoms with E-state index >= 15 is 0 Å². The molecule has 0 aromatic rings. The van der Waals surface area contributed by atoms with E-state index in [0.717, 1.165) is 4.90 Å². The molecular weight excluding hydrogens is 251 g/mol. The molecule has 1 atom stereocenters. The zero-order valence-corrected chi connectivity index (χ0v) is 9.70. The maximum atomic E-state index is 12.9. The summed E-state index contributed by atoms with van der Waals surface area (Å²) in [5.74, 6) is -1.34. The fourth-order valence-electron chi connectivity index (χ4n) is 2.51. The van der Waals surface area contributed by atoms with Crippen LogP contribution in [-0.2, 0) is 14.3 Å². The van der Waals surface area contributed by atoms with Gasteiger partial charge in [-0.15, -0.1) is 0 Å². The highest BCUT2D eigenvalue weighted by molar-refractivity contribution is 6.01. The standard InChI is InChI=1S/C11H14F3NO3/c12-11(13,14)9-5-8(16)6-10(17)15(9)7-1-3-18-4-2-7/h7,9H,1-6H2. The van der Waals surface area contributed by atoms with Gasteiger partial charge in [0.15, 0.2) is 0 Å². The smallest absolute Gasteiger partial charge is 0.381 e. The van der Waals surface area contributed by atoms with E-state index in [9.17, 15) is 22.8 Å². The van der Waals surface area contributed by atoms with E-state index in [1.165, 1.54) is 0 Å². The summed E-state index contributed by atoms with van der Waals surface area (Å²) in [5.41, 5.74) is 0. The van der Waals surface area contributed by atoms with E-state index in [2.05, 4.69) is 0 Å². The number of carbonyl (C=O) groups excluding carboxylic acids is 2. The number of Topliss-reactive ketones (excluding diaryl/α,β-unsaturated/α-hetero) is 1. The molecule has 0 bridgehead atoms. The zero-order chi connectivity index (χ0) is 13.3. The highest BCUT2D eigenvalue weighted by Crippen LogP contribution is 2.34. The number of alkyl halides is 3. The molecule has 4 nitrogen and oxygen atoms in total. The summed E-state index contributed by atoms with van der Waals surface area (Å²) in [6.45, 7) is 0.708. The van der Waals surface area contributed by atoms with Gasteiger partial charge >= 0.3 is 6.18 Å². The zero-order valence-electron chi connectivity index (χ0n) is 9.70. The van der Waals surface area contributed by atoms with Crippen molar-refractivity contribution in [2.24, 2.45) is 0 Å². The lowest BCUT2D eigenvalue weighted by Crippen LogP contribution is -2.58. The maximum absolute atomic E-state index is 12.9. The number of halogens is 3. The first-order chi connectivity index (χ1) is 8.39. The molecule has 0 spiro atoms. The van der Waals surface area contributed by atoms with Gasteiger partial charge in [0.25, 0.3) is 0 Å². The minimum atomic E-state index is -4.55. The molecule has 0 N–H and O–H groups in total. The second-order valence-corrected chi connectivity index (χ2v) is 4.62. The van der Waals surface area contributed by atoms with Crippen molar-refractivity contribution in [3.8, 4) is 0 Å². The summed E-state index contributed by atoms with van der Waals surface area (Å²) in [6, 6.07) is -2.43. The molecule has 2 rings (SSSR count). The average Bonchev–Trinajstić information content (AvgIpc) is 2.28. The van der Waals surface area contributed by atoms with Crippen molar-refractivity contribution < 1.29 is 27.5 Å². The molecule has 2 heterocycles. The molecule has 102 valence electrons. The fraction of sp³-hybridized carbons (Fsp3) is 0.818. The Morgan fingerprint density at radius 2 is 1.78 bits per heavy atom. The summed E-state index contributed by atoms with van der Waals surface area (Å²) in [7, 11) is 0. The molecule has 2 fully saturated rings. The fourth-order valence-corrected chi connectivity index (χ4v) is 2.51. The Labute approximate surface area is 102 Å². The molecule has 2 aliphatic heterocycles. The Morgan fingerprint density at radius 1 is 1.17 bits per heavy atom. The molecule has 0 aromatic carbocycles. The Morgan fingerprint density at radius 3 is 2.33 bits per heavy atom. The third kappa shape index (κ3) is 2.66. The van der Waals surface area contributed by atoms with Crippen LogP contribution in [0.1, 0.15) is 25.7 Å². The lowest BCUT2D eigenvalue weighted by Gasteiger charge is -2.42. The van der Waals surface area contributed by atoms with Crippen molar-refractivity contribution in [2.45, 2.75) is 43.9 Å². The normalized spacial score (nSPS) is 27.7. The van der Waals surface area contributed by atoms with Crippen LogP contribution in [0.4, 0.5) is 13.2 Å². The van der Waals surface area contributed by atoms with Gasteiger partial charge in [-0.2, -0.15) is 13.2 Å². The van der Waals surface area contributed by atoms with Crippen molar-refractivity contribution in [3.05, 3.63) is 0 Å². The maximum Gasteiger partial charge on any atom is 0.409 e. The van der Waals surface area contributed by atoms with E-state index in [0.29, 0.717) is 26.1 Å². The van der Waals surface area contributed by atoms with Crippen molar-refractivity contribution >= 4 is 11.7 Å². The van der Waals surface area contributed by atoms with Crippen molar-refractivity contribution in [3.63, 3.8) is 0 Å². The number of carbonyl (C=O) groups is 2. The number of likely N-dealkylation sites (tertiary alicyclic amines) is 1. The number of nitrogens with zero attached hydrogens (tertiary/aromatic N) is 1. The topological polar surface area (TPSA) is 46.6 Å². The molecular formula is C11H14F3NO3. The molecule has 18 heavy (non-hydrogen) atoms. The lowest BCUT2D eigenvalue weighted by molar-refractivity contribution is -0.204. The van der Waals surface area contributed by atoms with Crippen LogP contribution in [0.2, 0.25) is 0 Å². The molecule has 7 heteroatoms. The number of hydrogen-bond acceptors (Lipinski definition) is 3. The number of rotatable bonds is 1. The molecule has 1 unspecified atom stereocenters. The van der Waals surface area contributed by atoms with E-state index in [-0.39, 0.29) is 0 Å². The van der Waals surface area contributed by atoms with Crippen LogP contribution < -0.4 is 0 Å². The van der Waals surface area contributed by atoms with Gasteiger partial charge in [-0.25, -0.2) is 0 Å². The minimum Gasteiger partial charge on any atom is -0.381 e. The first kappa shape index (κ1) is 13.3. The quantitative estimate of drug-likeness (QED) is 0.671. The van der Waals surface area contributed by atoms with Crippen molar-refractivity contribution in [1.29, 1.82) is 0 Å². The summed E-state index contributed by atoms with van der Waals surface area (Å²) >= 11 is 0. The Hall–Kier alpha value is -1.11. The summed E-state index contributed by atoms with van der Waals surface area (Å²) in [6.07, 6.45) is -4.79. The third-order valence-electron chi connectivity index (χ3n) is 3.36. The summed E-state index contributed by atoms with van der Waals surface area (Å²) in [4.78, 5) is 23.8. The predicted octanol–water partition coefficient (Wildman–Crippen LogP) is 1.29. The van der Waals surface area contributed by atoms with Crippen LogP contribution in [-0.4, -0.2) is 48.1 Å². The molecule has 0 aliphatic carbocycles. The number of ketones is 1. The first-order valence-corrected chi connectivity index (χ1v) is 5.87. The van der Waals surface area contributed by atoms with Crippen molar-refractivity contribution in [1.82, 2.24) is 4.90 Å². The van der Waals surface area contributed by atoms with Crippen LogP contribution in [0.3, 0.4) is 0 Å². The second-order valence-electron chi connectivity index (χ2n) is 4.62. The molecule has 0 radical (unpaired) electrons. The van der Waals surface area contributed by atoms with E-state index in [1.807, 2.05) is 0 Å². The largest absolute Gasteiger partial charge is 0.409 e. The molecule has 1 amide bonds. The second kappa shape index (κ2) is 4.87. The SMILES string of the molecule is O=C1CC(=O)N(C2CCOCC2)C(C(F)(F)F)C1. The van der Waals surface area contributed by atoms with E-state index in [4.69, 9.17) is 4.74 Å². The van der Waals surface area contributed by atoms with Gasteiger partial charge in [-0.3, -0.25) is 9.59 Å². The van der Waals surface area contributed by atoms with Crippen molar-refractivity contribution in [2.75, 3.05) is 13.2 Å². The molecule has 0 saturated carbocycles. The van der Waals surface area contributed by atoms with Gasteiger partial charge in [0.2, 0.25) is 5.91 Å². The molecule has 2 aliphatic rings. The van der Waals surface area contributed by atoms with Crippen LogP contribution in [0.15, 0.2) is 0 Å². The Kier molecular flexibility index (Phi) is 3.61. The molecule has 2 saturated heterocycles. The van der Waals surface area contributed by atoms with Gasteiger partial charge in [-0.1, -0.05) is 0 Å². The van der Waals surface area contributed by atoms with Crippen LogP contribution in [0.25, 0.3) is 0 Å². The number of amides is 1. The summed E-state index contributed by atoms with van der Waals surface area (Å²) in [5, 5.41) is 0. The summed E-state index contributed by atoms with van der Waals surface area (Å²) < 4.78 is 43.8. The number of hydrogen-bond donors (Lipinski definition) is 0.